The molecule has 0 unspecified atom stereocenters. The van der Waals surface area contributed by atoms with E-state index in [1.807, 2.05) is 31.2 Å². The van der Waals surface area contributed by atoms with E-state index >= 15 is 0 Å². The van der Waals surface area contributed by atoms with Crippen molar-refractivity contribution in [3.63, 3.8) is 0 Å². The smallest absolute Gasteiger partial charge is 0.259 e. The number of carbonyl (C=O) groups is 2. The number of hydrogen-bond donors (Lipinski definition) is 2. The minimum atomic E-state index is -0.443. The van der Waals surface area contributed by atoms with Crippen molar-refractivity contribution in [1.82, 2.24) is 10.7 Å². The van der Waals surface area contributed by atoms with Crippen LogP contribution in [0.3, 0.4) is 0 Å². The summed E-state index contributed by atoms with van der Waals surface area (Å²) in [5, 5.41) is 7.15. The molecular weight excluding hydrogens is 442 g/mol. The molecule has 0 aliphatic rings. The summed E-state index contributed by atoms with van der Waals surface area (Å²) in [5.74, 6) is 0.340. The van der Waals surface area contributed by atoms with Crippen LogP contribution < -0.4 is 20.2 Å². The summed E-state index contributed by atoms with van der Waals surface area (Å²) in [6, 6.07) is 19.8. The average molecular weight is 466 g/mol. The fraction of sp³-hybridized carbons (Fsp3) is 0.160. The standard InChI is InChI=1S/C25H24ClN3O4/c1-17-3-8-20(9-4-17)25(31)27-15-24(30)29-28-14-19-7-12-22(23(13-19)32-2)33-16-18-5-10-21(26)11-6-18/h3-14H,15-16H2,1-2H3,(H,27,31)(H,29,30). The Hall–Kier alpha value is -3.84. The zero-order valence-corrected chi connectivity index (χ0v) is 19.1. The molecule has 0 saturated carbocycles. The lowest BCUT2D eigenvalue weighted by atomic mass is 10.1. The van der Waals surface area contributed by atoms with Gasteiger partial charge in [-0.15, -0.1) is 0 Å². The number of nitrogens with zero attached hydrogens (tertiary/aromatic N) is 1. The number of benzene rings is 3. The lowest BCUT2D eigenvalue weighted by molar-refractivity contribution is -0.120. The summed E-state index contributed by atoms with van der Waals surface area (Å²) in [5.41, 5.74) is 5.60. The highest BCUT2D eigenvalue weighted by atomic mass is 35.5. The molecule has 8 heteroatoms. The van der Waals surface area contributed by atoms with Gasteiger partial charge in [-0.2, -0.15) is 5.10 Å². The Bertz CT molecular complexity index is 1130. The fourth-order valence-electron chi connectivity index (χ4n) is 2.81. The topological polar surface area (TPSA) is 89.0 Å². The molecule has 0 saturated heterocycles. The van der Waals surface area contributed by atoms with Crippen molar-refractivity contribution in [3.05, 3.63) is 94.0 Å². The molecule has 2 amide bonds. The highest BCUT2D eigenvalue weighted by Gasteiger charge is 2.08. The van der Waals surface area contributed by atoms with Crippen molar-refractivity contribution in [2.45, 2.75) is 13.5 Å². The molecule has 2 N–H and O–H groups in total. The van der Waals surface area contributed by atoms with Crippen molar-refractivity contribution in [1.29, 1.82) is 0 Å². The van der Waals surface area contributed by atoms with Crippen molar-refractivity contribution in [2.24, 2.45) is 5.10 Å². The Morgan fingerprint density at radius 1 is 1.00 bits per heavy atom. The van der Waals surface area contributed by atoms with Crippen LogP contribution in [0.15, 0.2) is 71.8 Å². The lowest BCUT2D eigenvalue weighted by Crippen LogP contribution is -2.34. The summed E-state index contributed by atoms with van der Waals surface area (Å²) in [6.07, 6.45) is 1.48. The highest BCUT2D eigenvalue weighted by molar-refractivity contribution is 6.30. The molecule has 0 aromatic heterocycles. The summed E-state index contributed by atoms with van der Waals surface area (Å²) in [6.45, 7) is 2.11. The van der Waals surface area contributed by atoms with E-state index in [1.54, 1.807) is 49.6 Å². The van der Waals surface area contributed by atoms with Gasteiger partial charge in [0.15, 0.2) is 11.5 Å². The minimum Gasteiger partial charge on any atom is -0.493 e. The Morgan fingerprint density at radius 2 is 1.73 bits per heavy atom. The number of ether oxygens (including phenoxy) is 2. The van der Waals surface area contributed by atoms with Crippen LogP contribution in [-0.2, 0) is 11.4 Å². The number of hydrazone groups is 1. The molecule has 0 aliphatic heterocycles. The zero-order valence-electron chi connectivity index (χ0n) is 18.3. The number of nitrogens with one attached hydrogen (secondary N) is 2. The van der Waals surface area contributed by atoms with E-state index in [9.17, 15) is 9.59 Å². The van der Waals surface area contributed by atoms with E-state index in [0.717, 1.165) is 11.1 Å². The molecule has 0 atom stereocenters. The molecule has 0 heterocycles. The Morgan fingerprint density at radius 3 is 2.42 bits per heavy atom. The first kappa shape index (κ1) is 23.8. The number of halogens is 1. The largest absolute Gasteiger partial charge is 0.493 e. The van der Waals surface area contributed by atoms with Crippen molar-refractivity contribution >= 4 is 29.6 Å². The number of amides is 2. The van der Waals surface area contributed by atoms with Gasteiger partial charge in [-0.3, -0.25) is 9.59 Å². The predicted octanol–water partition coefficient (Wildman–Crippen LogP) is 4.12. The molecule has 0 spiro atoms. The van der Waals surface area contributed by atoms with Gasteiger partial charge < -0.3 is 14.8 Å². The first-order valence-electron chi connectivity index (χ1n) is 10.2. The summed E-state index contributed by atoms with van der Waals surface area (Å²) >= 11 is 5.90. The van der Waals surface area contributed by atoms with E-state index in [1.165, 1.54) is 6.21 Å². The maximum absolute atomic E-state index is 12.1. The van der Waals surface area contributed by atoms with Gasteiger partial charge in [0.25, 0.3) is 11.8 Å². The average Bonchev–Trinajstić information content (AvgIpc) is 2.83. The van der Waals surface area contributed by atoms with Crippen LogP contribution in [0.1, 0.15) is 27.0 Å². The summed E-state index contributed by atoms with van der Waals surface area (Å²) < 4.78 is 11.2. The number of aryl methyl sites for hydroxylation is 1. The summed E-state index contributed by atoms with van der Waals surface area (Å²) in [4.78, 5) is 24.0. The Balaban J connectivity index is 1.49. The summed E-state index contributed by atoms with van der Waals surface area (Å²) in [7, 11) is 1.55. The van der Waals surface area contributed by atoms with Crippen LogP contribution in [0.25, 0.3) is 0 Å². The molecule has 0 aliphatic carbocycles. The Labute approximate surface area is 197 Å². The molecule has 0 radical (unpaired) electrons. The quantitative estimate of drug-likeness (QED) is 0.367. The van der Waals surface area contributed by atoms with Crippen LogP contribution in [0.5, 0.6) is 11.5 Å². The fourth-order valence-corrected chi connectivity index (χ4v) is 2.94. The highest BCUT2D eigenvalue weighted by Crippen LogP contribution is 2.28. The third-order valence-corrected chi connectivity index (χ3v) is 4.87. The van der Waals surface area contributed by atoms with Gasteiger partial charge in [0.2, 0.25) is 0 Å². The molecule has 0 bridgehead atoms. The van der Waals surface area contributed by atoms with Gasteiger partial charge in [-0.05, 0) is 60.5 Å². The molecule has 170 valence electrons. The van der Waals surface area contributed by atoms with Crippen LogP contribution in [-0.4, -0.2) is 31.7 Å². The van der Waals surface area contributed by atoms with Gasteiger partial charge in [0.1, 0.15) is 6.61 Å². The second kappa shape index (κ2) is 11.7. The number of carbonyl (C=O) groups excluding carboxylic acids is 2. The van der Waals surface area contributed by atoms with Crippen LogP contribution in [0.4, 0.5) is 0 Å². The first-order chi connectivity index (χ1) is 15.9. The van der Waals surface area contributed by atoms with Crippen molar-refractivity contribution < 1.29 is 19.1 Å². The maximum atomic E-state index is 12.1. The molecule has 0 fully saturated rings. The molecule has 3 rings (SSSR count). The lowest BCUT2D eigenvalue weighted by Gasteiger charge is -2.11. The maximum Gasteiger partial charge on any atom is 0.259 e. The van der Waals surface area contributed by atoms with Gasteiger partial charge in [-0.1, -0.05) is 41.4 Å². The second-order valence-corrected chi connectivity index (χ2v) is 7.60. The van der Waals surface area contributed by atoms with Crippen molar-refractivity contribution in [3.8, 4) is 11.5 Å². The van der Waals surface area contributed by atoms with Crippen LogP contribution >= 0.6 is 11.6 Å². The third kappa shape index (κ3) is 7.36. The Kier molecular flexibility index (Phi) is 8.43. The van der Waals surface area contributed by atoms with Crippen LogP contribution in [0.2, 0.25) is 5.02 Å². The number of hydrogen-bond acceptors (Lipinski definition) is 5. The van der Waals surface area contributed by atoms with Crippen molar-refractivity contribution in [2.75, 3.05) is 13.7 Å². The molecule has 33 heavy (non-hydrogen) atoms. The van der Waals surface area contributed by atoms with Crippen LogP contribution in [0, 0.1) is 6.92 Å². The minimum absolute atomic E-state index is 0.190. The van der Waals surface area contributed by atoms with E-state index in [0.29, 0.717) is 34.3 Å². The SMILES string of the molecule is COc1cc(C=NNC(=O)CNC(=O)c2ccc(C)cc2)ccc1OCc1ccc(Cl)cc1. The first-order valence-corrected chi connectivity index (χ1v) is 10.5. The zero-order chi connectivity index (χ0) is 23.6. The predicted molar refractivity (Wildman–Crippen MR) is 128 cm³/mol. The normalized spacial score (nSPS) is 10.6. The third-order valence-electron chi connectivity index (χ3n) is 4.62. The monoisotopic (exact) mass is 465 g/mol. The number of rotatable bonds is 9. The van der Waals surface area contributed by atoms with E-state index < -0.39 is 5.91 Å². The number of methoxy groups -OCH3 is 1. The van der Waals surface area contributed by atoms with Gasteiger partial charge in [-0.25, -0.2) is 5.43 Å². The molecule has 3 aromatic carbocycles. The van der Waals surface area contributed by atoms with E-state index in [2.05, 4.69) is 15.8 Å². The van der Waals surface area contributed by atoms with E-state index in [4.69, 9.17) is 21.1 Å². The van der Waals surface area contributed by atoms with E-state index in [-0.39, 0.29) is 12.5 Å². The second-order valence-electron chi connectivity index (χ2n) is 7.17. The van der Waals surface area contributed by atoms with Gasteiger partial charge in [0.05, 0.1) is 19.9 Å². The van der Waals surface area contributed by atoms with Gasteiger partial charge in [0, 0.05) is 10.6 Å². The molecule has 7 nitrogen and oxygen atoms in total. The van der Waals surface area contributed by atoms with Gasteiger partial charge >= 0.3 is 0 Å². The molecular formula is C25H24ClN3O4. The molecule has 3 aromatic rings.